The van der Waals surface area contributed by atoms with E-state index >= 15 is 0 Å². The SMILES string of the molecule is O=C(O)CCCCCCC(=O)c1ccc(-c2ccccc2)nc1. The summed E-state index contributed by atoms with van der Waals surface area (Å²) in [7, 11) is 0. The third-order valence-corrected chi connectivity index (χ3v) is 3.70. The number of carboxylic acids is 1. The van der Waals surface area contributed by atoms with Crippen LogP contribution >= 0.6 is 0 Å². The summed E-state index contributed by atoms with van der Waals surface area (Å²) in [6, 6.07) is 13.5. The fraction of sp³-hybridized carbons (Fsp3) is 0.316. The first-order chi connectivity index (χ1) is 11.2. The molecular weight excluding hydrogens is 290 g/mol. The number of aromatic nitrogens is 1. The summed E-state index contributed by atoms with van der Waals surface area (Å²) in [5, 5.41) is 8.55. The summed E-state index contributed by atoms with van der Waals surface area (Å²) in [5.41, 5.74) is 2.52. The molecule has 2 aromatic rings. The lowest BCUT2D eigenvalue weighted by molar-refractivity contribution is -0.137. The van der Waals surface area contributed by atoms with Crippen molar-refractivity contribution >= 4 is 11.8 Å². The molecule has 0 saturated carbocycles. The molecule has 0 saturated heterocycles. The van der Waals surface area contributed by atoms with Gasteiger partial charge in [-0.05, 0) is 25.0 Å². The van der Waals surface area contributed by atoms with Crippen LogP contribution in [0.25, 0.3) is 11.3 Å². The average Bonchev–Trinajstić information content (AvgIpc) is 2.58. The van der Waals surface area contributed by atoms with Gasteiger partial charge in [0.25, 0.3) is 0 Å². The Morgan fingerprint density at radius 1 is 0.870 bits per heavy atom. The predicted molar refractivity (Wildman–Crippen MR) is 89.3 cm³/mol. The molecule has 4 heteroatoms. The molecule has 4 nitrogen and oxygen atoms in total. The Morgan fingerprint density at radius 3 is 2.17 bits per heavy atom. The van der Waals surface area contributed by atoms with Crippen molar-refractivity contribution in [2.75, 3.05) is 0 Å². The van der Waals surface area contributed by atoms with Gasteiger partial charge in [0.2, 0.25) is 0 Å². The van der Waals surface area contributed by atoms with E-state index in [2.05, 4.69) is 4.98 Å². The molecule has 0 aliphatic rings. The van der Waals surface area contributed by atoms with Crippen molar-refractivity contribution in [2.45, 2.75) is 38.5 Å². The van der Waals surface area contributed by atoms with Crippen molar-refractivity contribution < 1.29 is 14.7 Å². The van der Waals surface area contributed by atoms with E-state index in [4.69, 9.17) is 5.11 Å². The highest BCUT2D eigenvalue weighted by molar-refractivity contribution is 5.95. The minimum atomic E-state index is -0.759. The number of carboxylic acid groups (broad SMARTS) is 1. The third kappa shape index (κ3) is 5.66. The number of unbranched alkanes of at least 4 members (excludes halogenated alkanes) is 3. The Labute approximate surface area is 136 Å². The van der Waals surface area contributed by atoms with Gasteiger partial charge in [-0.15, -0.1) is 0 Å². The zero-order chi connectivity index (χ0) is 16.5. The molecule has 0 aliphatic heterocycles. The first-order valence-electron chi connectivity index (χ1n) is 7.93. The molecule has 1 aromatic heterocycles. The average molecular weight is 311 g/mol. The van der Waals surface area contributed by atoms with E-state index < -0.39 is 5.97 Å². The van der Waals surface area contributed by atoms with E-state index in [1.165, 1.54) is 0 Å². The van der Waals surface area contributed by atoms with E-state index in [1.54, 1.807) is 6.20 Å². The highest BCUT2D eigenvalue weighted by atomic mass is 16.4. The molecule has 0 fully saturated rings. The second-order valence-corrected chi connectivity index (χ2v) is 5.53. The van der Waals surface area contributed by atoms with Crippen LogP contribution in [0.2, 0.25) is 0 Å². The first kappa shape index (κ1) is 16.9. The van der Waals surface area contributed by atoms with Gasteiger partial charge in [-0.3, -0.25) is 14.6 Å². The maximum Gasteiger partial charge on any atom is 0.303 e. The van der Waals surface area contributed by atoms with E-state index in [0.29, 0.717) is 18.4 Å². The molecule has 120 valence electrons. The van der Waals surface area contributed by atoms with Crippen LogP contribution in [0.5, 0.6) is 0 Å². The standard InChI is InChI=1S/C19H21NO3/c21-18(10-6-1-2-7-11-19(22)23)16-12-13-17(20-14-16)15-8-4-3-5-9-15/h3-5,8-9,12-14H,1-2,6-7,10-11H2,(H,22,23). The first-order valence-corrected chi connectivity index (χ1v) is 7.93. The summed E-state index contributed by atoms with van der Waals surface area (Å²) in [6.45, 7) is 0. The van der Waals surface area contributed by atoms with Crippen molar-refractivity contribution in [2.24, 2.45) is 0 Å². The zero-order valence-electron chi connectivity index (χ0n) is 13.1. The van der Waals surface area contributed by atoms with Gasteiger partial charge in [-0.25, -0.2) is 0 Å². The molecular formula is C19H21NO3. The lowest BCUT2D eigenvalue weighted by Crippen LogP contribution is -2.00. The summed E-state index contributed by atoms with van der Waals surface area (Å²) in [4.78, 5) is 26.9. The number of aliphatic carboxylic acids is 1. The number of benzene rings is 1. The topological polar surface area (TPSA) is 67.3 Å². The quantitative estimate of drug-likeness (QED) is 0.552. The molecule has 0 aliphatic carbocycles. The number of hydrogen-bond donors (Lipinski definition) is 1. The number of hydrogen-bond acceptors (Lipinski definition) is 3. The molecule has 1 aromatic carbocycles. The number of Topliss-reactive ketones (excluding diaryl/α,β-unsaturated/α-hetero) is 1. The van der Waals surface area contributed by atoms with Crippen LogP contribution in [0.1, 0.15) is 48.9 Å². The highest BCUT2D eigenvalue weighted by Gasteiger charge is 2.07. The second-order valence-electron chi connectivity index (χ2n) is 5.53. The van der Waals surface area contributed by atoms with Crippen molar-refractivity contribution in [1.82, 2.24) is 4.98 Å². The van der Waals surface area contributed by atoms with Gasteiger partial charge in [-0.1, -0.05) is 43.2 Å². The number of carbonyl (C=O) groups excluding carboxylic acids is 1. The predicted octanol–water partition coefficient (Wildman–Crippen LogP) is 4.36. The molecule has 0 radical (unpaired) electrons. The molecule has 0 bridgehead atoms. The largest absolute Gasteiger partial charge is 0.481 e. The van der Waals surface area contributed by atoms with Crippen LogP contribution in [0.4, 0.5) is 0 Å². The summed E-state index contributed by atoms with van der Waals surface area (Å²) in [5.74, 6) is -0.666. The summed E-state index contributed by atoms with van der Waals surface area (Å²) < 4.78 is 0. The maximum atomic E-state index is 12.1. The van der Waals surface area contributed by atoms with E-state index in [9.17, 15) is 9.59 Å². The second kappa shape index (κ2) is 8.83. The summed E-state index contributed by atoms with van der Waals surface area (Å²) >= 11 is 0. The molecule has 2 rings (SSSR count). The van der Waals surface area contributed by atoms with Crippen LogP contribution < -0.4 is 0 Å². The van der Waals surface area contributed by atoms with Gasteiger partial charge in [0.05, 0.1) is 5.69 Å². The van der Waals surface area contributed by atoms with E-state index in [-0.39, 0.29) is 12.2 Å². The monoisotopic (exact) mass is 311 g/mol. The minimum Gasteiger partial charge on any atom is -0.481 e. The van der Waals surface area contributed by atoms with Crippen molar-refractivity contribution in [3.05, 3.63) is 54.2 Å². The Kier molecular flexibility index (Phi) is 6.48. The smallest absolute Gasteiger partial charge is 0.303 e. The molecule has 0 atom stereocenters. The van der Waals surface area contributed by atoms with E-state index in [0.717, 1.165) is 30.5 Å². The van der Waals surface area contributed by atoms with Gasteiger partial charge in [0, 0.05) is 30.2 Å². The number of pyridine rings is 1. The van der Waals surface area contributed by atoms with Crippen LogP contribution in [-0.2, 0) is 4.79 Å². The fourth-order valence-electron chi connectivity index (χ4n) is 2.40. The Hall–Kier alpha value is -2.49. The van der Waals surface area contributed by atoms with Crippen LogP contribution in [-0.4, -0.2) is 21.8 Å². The van der Waals surface area contributed by atoms with Crippen molar-refractivity contribution in [1.29, 1.82) is 0 Å². The fourth-order valence-corrected chi connectivity index (χ4v) is 2.40. The number of nitrogens with zero attached hydrogens (tertiary/aromatic N) is 1. The normalized spacial score (nSPS) is 10.4. The van der Waals surface area contributed by atoms with Crippen molar-refractivity contribution in [3.8, 4) is 11.3 Å². The zero-order valence-corrected chi connectivity index (χ0v) is 13.1. The minimum absolute atomic E-state index is 0.0929. The molecule has 0 amide bonds. The van der Waals surface area contributed by atoms with Crippen LogP contribution in [0, 0.1) is 0 Å². The lowest BCUT2D eigenvalue weighted by atomic mass is 10.0. The Morgan fingerprint density at radius 2 is 1.57 bits per heavy atom. The third-order valence-electron chi connectivity index (χ3n) is 3.70. The molecule has 23 heavy (non-hydrogen) atoms. The number of rotatable bonds is 9. The summed E-state index contributed by atoms with van der Waals surface area (Å²) in [6.07, 6.45) is 5.53. The number of carbonyl (C=O) groups is 2. The lowest BCUT2D eigenvalue weighted by Gasteiger charge is -2.04. The molecule has 1 N–H and O–H groups in total. The Balaban J connectivity index is 1.78. The van der Waals surface area contributed by atoms with Gasteiger partial charge >= 0.3 is 5.97 Å². The maximum absolute atomic E-state index is 12.1. The van der Waals surface area contributed by atoms with Gasteiger partial charge in [0.15, 0.2) is 5.78 Å². The molecule has 1 heterocycles. The highest BCUT2D eigenvalue weighted by Crippen LogP contribution is 2.17. The molecule has 0 unspecified atom stereocenters. The van der Waals surface area contributed by atoms with Gasteiger partial charge in [0.1, 0.15) is 0 Å². The Bertz CT molecular complexity index is 635. The van der Waals surface area contributed by atoms with Crippen molar-refractivity contribution in [3.63, 3.8) is 0 Å². The molecule has 0 spiro atoms. The van der Waals surface area contributed by atoms with Gasteiger partial charge < -0.3 is 5.11 Å². The van der Waals surface area contributed by atoms with Crippen LogP contribution in [0.3, 0.4) is 0 Å². The van der Waals surface area contributed by atoms with Gasteiger partial charge in [-0.2, -0.15) is 0 Å². The van der Waals surface area contributed by atoms with E-state index in [1.807, 2.05) is 42.5 Å². The number of ketones is 1. The van der Waals surface area contributed by atoms with Crippen LogP contribution in [0.15, 0.2) is 48.7 Å².